The maximum Gasteiger partial charge on any atom is 0.255 e. The van der Waals surface area contributed by atoms with Crippen LogP contribution in [0.4, 0.5) is 5.69 Å². The van der Waals surface area contributed by atoms with Gasteiger partial charge < -0.3 is 19.5 Å². The molecule has 5 nitrogen and oxygen atoms in total. The summed E-state index contributed by atoms with van der Waals surface area (Å²) >= 11 is 0. The topological polar surface area (TPSA) is 56.8 Å². The van der Waals surface area contributed by atoms with Crippen LogP contribution in [0.15, 0.2) is 30.3 Å². The van der Waals surface area contributed by atoms with Crippen molar-refractivity contribution in [3.05, 3.63) is 47.0 Å². The van der Waals surface area contributed by atoms with Crippen LogP contribution in [-0.2, 0) is 0 Å². The van der Waals surface area contributed by atoms with Gasteiger partial charge >= 0.3 is 0 Å². The van der Waals surface area contributed by atoms with Crippen molar-refractivity contribution >= 4 is 11.6 Å². The van der Waals surface area contributed by atoms with Crippen LogP contribution in [0.2, 0.25) is 0 Å². The van der Waals surface area contributed by atoms with Crippen molar-refractivity contribution in [2.75, 3.05) is 25.6 Å². The van der Waals surface area contributed by atoms with Gasteiger partial charge in [-0.05, 0) is 36.1 Å². The van der Waals surface area contributed by atoms with Gasteiger partial charge in [0, 0.05) is 11.3 Å². The van der Waals surface area contributed by atoms with Gasteiger partial charge in [-0.2, -0.15) is 0 Å². The minimum Gasteiger partial charge on any atom is -0.493 e. The van der Waals surface area contributed by atoms with E-state index >= 15 is 0 Å². The molecular weight excluding hydrogens is 318 g/mol. The highest BCUT2D eigenvalue weighted by atomic mass is 16.6. The fourth-order valence-electron chi connectivity index (χ4n) is 2.93. The number of hydrogen-bond acceptors (Lipinski definition) is 4. The second-order valence-electron chi connectivity index (χ2n) is 6.35. The zero-order valence-corrected chi connectivity index (χ0v) is 15.0. The Morgan fingerprint density at radius 3 is 2.68 bits per heavy atom. The first kappa shape index (κ1) is 17.1. The second kappa shape index (κ2) is 7.05. The molecule has 1 aliphatic rings. The fourth-order valence-corrected chi connectivity index (χ4v) is 2.93. The summed E-state index contributed by atoms with van der Waals surface area (Å²) < 4.78 is 16.5. The summed E-state index contributed by atoms with van der Waals surface area (Å²) in [5.41, 5.74) is 3.47. The molecule has 0 spiro atoms. The monoisotopic (exact) mass is 341 g/mol. The zero-order valence-electron chi connectivity index (χ0n) is 15.0. The van der Waals surface area contributed by atoms with E-state index in [4.69, 9.17) is 14.2 Å². The van der Waals surface area contributed by atoms with Gasteiger partial charge in [0.2, 0.25) is 5.75 Å². The standard InChI is InChI=1S/C20H23NO4/c1-12(2)15-7-5-6-13(3)18(15)21-20(22)14-10-16(23-4)19-17(11-14)24-8-9-25-19/h5-7,10-12H,8-9H2,1-4H3,(H,21,22). The van der Waals surface area contributed by atoms with Gasteiger partial charge in [-0.3, -0.25) is 4.79 Å². The van der Waals surface area contributed by atoms with Crippen molar-refractivity contribution < 1.29 is 19.0 Å². The van der Waals surface area contributed by atoms with Gasteiger partial charge in [0.05, 0.1) is 7.11 Å². The highest BCUT2D eigenvalue weighted by Crippen LogP contribution is 2.40. The van der Waals surface area contributed by atoms with E-state index in [1.807, 2.05) is 25.1 Å². The minimum atomic E-state index is -0.202. The number of benzene rings is 2. The second-order valence-corrected chi connectivity index (χ2v) is 6.35. The average Bonchev–Trinajstić information content (AvgIpc) is 2.62. The molecule has 1 aliphatic heterocycles. The quantitative estimate of drug-likeness (QED) is 0.907. The molecule has 0 saturated heterocycles. The molecule has 0 saturated carbocycles. The highest BCUT2D eigenvalue weighted by molar-refractivity contribution is 6.06. The van der Waals surface area contributed by atoms with Crippen LogP contribution in [0, 0.1) is 6.92 Å². The lowest BCUT2D eigenvalue weighted by Gasteiger charge is -2.22. The van der Waals surface area contributed by atoms with Crippen molar-refractivity contribution in [3.8, 4) is 17.2 Å². The van der Waals surface area contributed by atoms with Gasteiger partial charge in [-0.1, -0.05) is 32.0 Å². The first-order valence-corrected chi connectivity index (χ1v) is 8.39. The van der Waals surface area contributed by atoms with Crippen molar-refractivity contribution in [2.45, 2.75) is 26.7 Å². The predicted octanol–water partition coefficient (Wildman–Crippen LogP) is 4.15. The molecule has 0 bridgehead atoms. The molecule has 5 heteroatoms. The summed E-state index contributed by atoms with van der Waals surface area (Å²) in [7, 11) is 1.55. The Labute approximate surface area is 147 Å². The highest BCUT2D eigenvalue weighted by Gasteiger charge is 2.22. The summed E-state index contributed by atoms with van der Waals surface area (Å²) in [5, 5.41) is 3.04. The summed E-state index contributed by atoms with van der Waals surface area (Å²) in [6.07, 6.45) is 0. The Balaban J connectivity index is 1.95. The van der Waals surface area contributed by atoms with E-state index in [0.717, 1.165) is 16.8 Å². The number of para-hydroxylation sites is 1. The number of hydrogen-bond donors (Lipinski definition) is 1. The van der Waals surface area contributed by atoms with Crippen LogP contribution in [-0.4, -0.2) is 26.2 Å². The van der Waals surface area contributed by atoms with Crippen LogP contribution in [0.1, 0.15) is 41.3 Å². The number of carbonyl (C=O) groups is 1. The molecular formula is C20H23NO4. The van der Waals surface area contributed by atoms with Crippen LogP contribution in [0.25, 0.3) is 0 Å². The van der Waals surface area contributed by atoms with Gasteiger partial charge in [0.15, 0.2) is 11.5 Å². The van der Waals surface area contributed by atoms with Crippen molar-refractivity contribution in [1.29, 1.82) is 0 Å². The molecule has 0 radical (unpaired) electrons. The third-order valence-corrected chi connectivity index (χ3v) is 4.26. The Morgan fingerprint density at radius 2 is 1.96 bits per heavy atom. The number of rotatable bonds is 4. The van der Waals surface area contributed by atoms with E-state index < -0.39 is 0 Å². The molecule has 1 N–H and O–H groups in total. The number of aryl methyl sites for hydroxylation is 1. The third-order valence-electron chi connectivity index (χ3n) is 4.26. The van der Waals surface area contributed by atoms with E-state index in [2.05, 4.69) is 19.2 Å². The number of anilines is 1. The summed E-state index contributed by atoms with van der Waals surface area (Å²) in [5.74, 6) is 1.68. The number of ether oxygens (including phenoxy) is 3. The Bertz CT molecular complexity index is 781. The lowest BCUT2D eigenvalue weighted by Crippen LogP contribution is -2.19. The lowest BCUT2D eigenvalue weighted by molar-refractivity contribution is 0.102. The molecule has 2 aromatic carbocycles. The first-order chi connectivity index (χ1) is 12.0. The van der Waals surface area contributed by atoms with E-state index in [1.165, 1.54) is 0 Å². The molecule has 0 fully saturated rings. The van der Waals surface area contributed by atoms with Gasteiger partial charge in [-0.15, -0.1) is 0 Å². The van der Waals surface area contributed by atoms with Gasteiger partial charge in [-0.25, -0.2) is 0 Å². The molecule has 0 aromatic heterocycles. The zero-order chi connectivity index (χ0) is 18.0. The summed E-state index contributed by atoms with van der Waals surface area (Å²) in [6.45, 7) is 7.13. The fraction of sp³-hybridized carbons (Fsp3) is 0.350. The van der Waals surface area contributed by atoms with Crippen molar-refractivity contribution in [3.63, 3.8) is 0 Å². The molecule has 0 atom stereocenters. The Morgan fingerprint density at radius 1 is 1.20 bits per heavy atom. The predicted molar refractivity (Wildman–Crippen MR) is 97.2 cm³/mol. The molecule has 25 heavy (non-hydrogen) atoms. The number of fused-ring (bicyclic) bond motifs is 1. The summed E-state index contributed by atoms with van der Waals surface area (Å²) in [4.78, 5) is 12.8. The normalized spacial score (nSPS) is 12.8. The largest absolute Gasteiger partial charge is 0.493 e. The molecule has 132 valence electrons. The molecule has 3 rings (SSSR count). The van der Waals surface area contributed by atoms with Crippen LogP contribution >= 0.6 is 0 Å². The first-order valence-electron chi connectivity index (χ1n) is 8.39. The maximum absolute atomic E-state index is 12.8. The summed E-state index contributed by atoms with van der Waals surface area (Å²) in [6, 6.07) is 9.41. The molecule has 1 heterocycles. The minimum absolute atomic E-state index is 0.202. The Hall–Kier alpha value is -2.69. The number of carbonyl (C=O) groups excluding carboxylic acids is 1. The Kier molecular flexibility index (Phi) is 4.83. The van der Waals surface area contributed by atoms with E-state index in [0.29, 0.717) is 41.9 Å². The van der Waals surface area contributed by atoms with E-state index in [1.54, 1.807) is 19.2 Å². The van der Waals surface area contributed by atoms with Crippen LogP contribution in [0.5, 0.6) is 17.2 Å². The van der Waals surface area contributed by atoms with Crippen LogP contribution < -0.4 is 19.5 Å². The molecule has 2 aromatic rings. The maximum atomic E-state index is 12.8. The molecule has 0 unspecified atom stereocenters. The third kappa shape index (κ3) is 3.40. The number of nitrogens with one attached hydrogen (secondary N) is 1. The van der Waals surface area contributed by atoms with E-state index in [-0.39, 0.29) is 5.91 Å². The lowest BCUT2D eigenvalue weighted by atomic mass is 9.98. The van der Waals surface area contributed by atoms with Crippen LogP contribution in [0.3, 0.4) is 0 Å². The molecule has 1 amide bonds. The molecule has 0 aliphatic carbocycles. The van der Waals surface area contributed by atoms with E-state index in [9.17, 15) is 4.79 Å². The van der Waals surface area contributed by atoms with Gasteiger partial charge in [0.1, 0.15) is 13.2 Å². The number of methoxy groups -OCH3 is 1. The van der Waals surface area contributed by atoms with Crippen molar-refractivity contribution in [2.24, 2.45) is 0 Å². The SMILES string of the molecule is COc1cc(C(=O)Nc2c(C)cccc2C(C)C)cc2c1OCCO2. The number of amides is 1. The van der Waals surface area contributed by atoms with Crippen molar-refractivity contribution in [1.82, 2.24) is 0 Å². The average molecular weight is 341 g/mol. The smallest absolute Gasteiger partial charge is 0.255 e. The van der Waals surface area contributed by atoms with Gasteiger partial charge in [0.25, 0.3) is 5.91 Å².